The van der Waals surface area contributed by atoms with Crippen LogP contribution in [0.4, 0.5) is 0 Å². The maximum absolute atomic E-state index is 6.10. The molecule has 1 saturated heterocycles. The minimum Gasteiger partial charge on any atom is -0.399 e. The highest BCUT2D eigenvalue weighted by Gasteiger charge is 2.51. The van der Waals surface area contributed by atoms with E-state index in [1.54, 1.807) is 6.20 Å². The Balaban J connectivity index is 1.45. The summed E-state index contributed by atoms with van der Waals surface area (Å²) in [6.45, 7) is 10.1. The van der Waals surface area contributed by atoms with E-state index in [4.69, 9.17) is 9.31 Å². The van der Waals surface area contributed by atoms with E-state index in [1.807, 2.05) is 17.1 Å². The third kappa shape index (κ3) is 4.32. The predicted octanol–water partition coefficient (Wildman–Crippen LogP) is 2.36. The largest absolute Gasteiger partial charge is 0.494 e. The van der Waals surface area contributed by atoms with Crippen molar-refractivity contribution in [3.63, 3.8) is 0 Å². The molecule has 1 aromatic heterocycles. The zero-order chi connectivity index (χ0) is 17.9. The van der Waals surface area contributed by atoms with Gasteiger partial charge in [0.25, 0.3) is 0 Å². The van der Waals surface area contributed by atoms with Gasteiger partial charge in [-0.2, -0.15) is 0 Å². The van der Waals surface area contributed by atoms with Gasteiger partial charge in [0.15, 0.2) is 0 Å². The predicted molar refractivity (Wildman–Crippen MR) is 101 cm³/mol. The topological polar surface area (TPSA) is 48.3 Å². The van der Waals surface area contributed by atoms with Crippen molar-refractivity contribution in [2.24, 2.45) is 0 Å². The molecule has 0 bridgehead atoms. The van der Waals surface area contributed by atoms with Gasteiger partial charge in [-0.25, -0.2) is 4.98 Å². The van der Waals surface area contributed by atoms with Crippen molar-refractivity contribution in [2.75, 3.05) is 6.54 Å². The molecule has 25 heavy (non-hydrogen) atoms. The lowest BCUT2D eigenvalue weighted by Gasteiger charge is -2.32. The molecule has 0 spiro atoms. The molecule has 1 aliphatic rings. The highest BCUT2D eigenvalue weighted by atomic mass is 16.7. The summed E-state index contributed by atoms with van der Waals surface area (Å²) in [5.74, 6) is 0. The number of nitrogens with one attached hydrogen (secondary N) is 1. The summed E-state index contributed by atoms with van der Waals surface area (Å²) < 4.78 is 14.2. The molecule has 1 aliphatic heterocycles. The molecule has 2 aromatic rings. The van der Waals surface area contributed by atoms with Crippen LogP contribution < -0.4 is 10.8 Å². The number of aromatic nitrogens is 2. The van der Waals surface area contributed by atoms with Gasteiger partial charge < -0.3 is 13.9 Å². The molecule has 0 amide bonds. The lowest BCUT2D eigenvalue weighted by molar-refractivity contribution is 0.00578. The van der Waals surface area contributed by atoms with E-state index in [0.717, 1.165) is 31.5 Å². The molecular formula is C19H28BN3O2. The van der Waals surface area contributed by atoms with Crippen molar-refractivity contribution >= 4 is 12.6 Å². The molecular weight excluding hydrogens is 313 g/mol. The monoisotopic (exact) mass is 341 g/mol. The minimum atomic E-state index is -0.294. The smallest absolute Gasteiger partial charge is 0.399 e. The Bertz CT molecular complexity index is 652. The molecule has 5 nitrogen and oxygen atoms in total. The van der Waals surface area contributed by atoms with Crippen LogP contribution in [0.3, 0.4) is 0 Å². The SMILES string of the molecule is CC1(C)OB(c2ccc(CCCNCn3ccnc3)cc2)OC1(C)C. The highest BCUT2D eigenvalue weighted by molar-refractivity contribution is 6.62. The molecule has 2 heterocycles. The van der Waals surface area contributed by atoms with Gasteiger partial charge in [-0.05, 0) is 58.1 Å². The molecule has 1 N–H and O–H groups in total. The van der Waals surface area contributed by atoms with Crippen molar-refractivity contribution in [1.29, 1.82) is 0 Å². The van der Waals surface area contributed by atoms with Crippen LogP contribution in [0.2, 0.25) is 0 Å². The molecule has 6 heteroatoms. The average molecular weight is 341 g/mol. The zero-order valence-corrected chi connectivity index (χ0v) is 15.7. The maximum Gasteiger partial charge on any atom is 0.494 e. The fourth-order valence-corrected chi connectivity index (χ4v) is 2.83. The Kier molecular flexibility index (Phi) is 5.32. The first-order valence-electron chi connectivity index (χ1n) is 8.98. The normalized spacial score (nSPS) is 18.6. The van der Waals surface area contributed by atoms with Gasteiger partial charge in [-0.15, -0.1) is 0 Å². The van der Waals surface area contributed by atoms with Gasteiger partial charge in [-0.3, -0.25) is 5.32 Å². The molecule has 0 unspecified atom stereocenters. The second-order valence-corrected chi connectivity index (χ2v) is 7.67. The average Bonchev–Trinajstić information content (AvgIpc) is 3.14. The molecule has 1 aromatic carbocycles. The van der Waals surface area contributed by atoms with Crippen LogP contribution in [-0.4, -0.2) is 34.4 Å². The lowest BCUT2D eigenvalue weighted by atomic mass is 9.78. The first-order valence-corrected chi connectivity index (χ1v) is 8.98. The van der Waals surface area contributed by atoms with Crippen LogP contribution in [0.25, 0.3) is 0 Å². The van der Waals surface area contributed by atoms with E-state index in [0.29, 0.717) is 0 Å². The summed E-state index contributed by atoms with van der Waals surface area (Å²) in [7, 11) is -0.282. The Morgan fingerprint density at radius 3 is 2.36 bits per heavy atom. The van der Waals surface area contributed by atoms with Crippen LogP contribution in [0.1, 0.15) is 39.7 Å². The van der Waals surface area contributed by atoms with Crippen LogP contribution in [0, 0.1) is 0 Å². The van der Waals surface area contributed by atoms with Crippen LogP contribution in [0.15, 0.2) is 43.0 Å². The van der Waals surface area contributed by atoms with Crippen LogP contribution in [-0.2, 0) is 22.4 Å². The molecule has 1 fully saturated rings. The van der Waals surface area contributed by atoms with E-state index in [2.05, 4.69) is 62.3 Å². The second-order valence-electron chi connectivity index (χ2n) is 7.67. The third-order valence-electron chi connectivity index (χ3n) is 5.18. The van der Waals surface area contributed by atoms with Gasteiger partial charge in [0.1, 0.15) is 0 Å². The number of rotatable bonds is 7. The third-order valence-corrected chi connectivity index (χ3v) is 5.18. The highest BCUT2D eigenvalue weighted by Crippen LogP contribution is 2.36. The Morgan fingerprint density at radius 1 is 1.08 bits per heavy atom. The summed E-state index contributed by atoms with van der Waals surface area (Å²) in [6.07, 6.45) is 7.73. The molecule has 3 rings (SSSR count). The number of benzene rings is 1. The van der Waals surface area contributed by atoms with Gasteiger partial charge in [-0.1, -0.05) is 24.3 Å². The summed E-state index contributed by atoms with van der Waals surface area (Å²) in [5.41, 5.74) is 1.83. The van der Waals surface area contributed by atoms with E-state index in [9.17, 15) is 0 Å². The Hall–Kier alpha value is -1.63. The molecule has 0 aliphatic carbocycles. The molecule has 0 atom stereocenters. The van der Waals surface area contributed by atoms with E-state index in [-0.39, 0.29) is 18.3 Å². The van der Waals surface area contributed by atoms with Crippen molar-refractivity contribution in [3.05, 3.63) is 48.5 Å². The van der Waals surface area contributed by atoms with Gasteiger partial charge in [0.05, 0.1) is 24.2 Å². The second kappa shape index (κ2) is 7.32. The summed E-state index contributed by atoms with van der Waals surface area (Å²) in [6, 6.07) is 8.60. The number of imidazole rings is 1. The van der Waals surface area contributed by atoms with Gasteiger partial charge in [0, 0.05) is 12.4 Å². The van der Waals surface area contributed by atoms with E-state index in [1.165, 1.54) is 5.56 Å². The fraction of sp³-hybridized carbons (Fsp3) is 0.526. The van der Waals surface area contributed by atoms with Crippen molar-refractivity contribution < 1.29 is 9.31 Å². The fourth-order valence-electron chi connectivity index (χ4n) is 2.83. The summed E-state index contributed by atoms with van der Waals surface area (Å²) in [5, 5.41) is 3.42. The minimum absolute atomic E-state index is 0.282. The Morgan fingerprint density at radius 2 is 1.76 bits per heavy atom. The van der Waals surface area contributed by atoms with Crippen LogP contribution in [0.5, 0.6) is 0 Å². The first-order chi connectivity index (χ1) is 11.9. The lowest BCUT2D eigenvalue weighted by Crippen LogP contribution is -2.41. The quantitative estimate of drug-likeness (QED) is 0.620. The Labute approximate surface area is 150 Å². The summed E-state index contributed by atoms with van der Waals surface area (Å²) in [4.78, 5) is 4.03. The number of aryl methyl sites for hydroxylation is 1. The van der Waals surface area contributed by atoms with Crippen molar-refractivity contribution in [1.82, 2.24) is 14.9 Å². The standard InChI is InChI=1S/C19H28BN3O2/c1-18(2)19(3,4)25-20(24-18)17-9-7-16(8-10-17)6-5-11-21-14-23-13-12-22-15-23/h7-10,12-13,15,21H,5-6,11,14H2,1-4H3. The zero-order valence-electron chi connectivity index (χ0n) is 15.7. The van der Waals surface area contributed by atoms with Gasteiger partial charge in [0.2, 0.25) is 0 Å². The van der Waals surface area contributed by atoms with Crippen LogP contribution >= 0.6 is 0 Å². The number of hydrogen-bond donors (Lipinski definition) is 1. The number of nitrogens with zero attached hydrogens (tertiary/aromatic N) is 2. The van der Waals surface area contributed by atoms with Gasteiger partial charge >= 0.3 is 7.12 Å². The molecule has 0 saturated carbocycles. The van der Waals surface area contributed by atoms with E-state index < -0.39 is 0 Å². The van der Waals surface area contributed by atoms with E-state index >= 15 is 0 Å². The molecule has 134 valence electrons. The van der Waals surface area contributed by atoms with Crippen molar-refractivity contribution in [3.8, 4) is 0 Å². The van der Waals surface area contributed by atoms with Crippen molar-refractivity contribution in [2.45, 2.75) is 58.4 Å². The summed E-state index contributed by atoms with van der Waals surface area (Å²) >= 11 is 0. The number of hydrogen-bond acceptors (Lipinski definition) is 4. The first kappa shape index (κ1) is 18.2. The molecule has 0 radical (unpaired) electrons. The maximum atomic E-state index is 6.10.